The second-order valence-corrected chi connectivity index (χ2v) is 7.00. The average molecular weight is 256 g/mol. The average Bonchev–Trinajstić information content (AvgIpc) is 2.22. The molecule has 1 fully saturated rings. The summed E-state index contributed by atoms with van der Waals surface area (Å²) in [5, 5.41) is 2.18. The first-order valence-corrected chi connectivity index (χ1v) is 7.29. The molecule has 0 aliphatic carbocycles. The van der Waals surface area contributed by atoms with Gasteiger partial charge in [-0.15, -0.1) is 0 Å². The normalized spacial score (nSPS) is 24.7. The summed E-state index contributed by atoms with van der Waals surface area (Å²) >= 11 is 0. The van der Waals surface area contributed by atoms with Crippen LogP contribution in [0.3, 0.4) is 0 Å². The van der Waals surface area contributed by atoms with Crippen molar-refractivity contribution in [2.24, 2.45) is 0 Å². The minimum absolute atomic E-state index is 0.0989. The van der Waals surface area contributed by atoms with E-state index in [1.807, 2.05) is 0 Å². The number of rotatable bonds is 5. The van der Waals surface area contributed by atoms with Gasteiger partial charge in [0, 0.05) is 17.1 Å². The molecule has 0 amide bonds. The molecule has 0 aromatic heterocycles. The molecule has 0 aromatic rings. The zero-order valence-corrected chi connectivity index (χ0v) is 13.4. The van der Waals surface area contributed by atoms with E-state index in [-0.39, 0.29) is 11.1 Å². The third-order valence-electron chi connectivity index (χ3n) is 4.24. The van der Waals surface area contributed by atoms with Gasteiger partial charge < -0.3 is 9.74 Å². The van der Waals surface area contributed by atoms with Gasteiger partial charge in [0.1, 0.15) is 0 Å². The summed E-state index contributed by atoms with van der Waals surface area (Å²) in [6.45, 7) is 12.6. The van der Waals surface area contributed by atoms with E-state index in [0.717, 1.165) is 0 Å². The Morgan fingerprint density at radius 3 is 2.06 bits per heavy atom. The van der Waals surface area contributed by atoms with Gasteiger partial charge in [0.15, 0.2) is 0 Å². The third kappa shape index (κ3) is 3.46. The maximum Gasteiger partial charge on any atom is 0.0575 e. The predicted octanol–water partition coefficient (Wildman–Crippen LogP) is 3.30. The molecule has 3 heteroatoms. The monoisotopic (exact) mass is 256 g/mol. The second kappa shape index (κ2) is 5.89. The molecule has 0 unspecified atom stereocenters. The molecular formula is C15H32N2O. The van der Waals surface area contributed by atoms with Gasteiger partial charge in [0.2, 0.25) is 0 Å². The molecule has 3 nitrogen and oxygen atoms in total. The molecule has 1 aliphatic rings. The predicted molar refractivity (Wildman–Crippen MR) is 77.6 cm³/mol. The van der Waals surface area contributed by atoms with Crippen LogP contribution < -0.4 is 0 Å². The van der Waals surface area contributed by atoms with Gasteiger partial charge in [-0.3, -0.25) is 0 Å². The van der Waals surface area contributed by atoms with Crippen LogP contribution in [-0.4, -0.2) is 47.8 Å². The largest absolute Gasteiger partial charge is 0.303 e. The molecule has 0 bridgehead atoms. The molecule has 0 saturated carbocycles. The molecular weight excluding hydrogens is 224 g/mol. The van der Waals surface area contributed by atoms with Crippen molar-refractivity contribution in [1.29, 1.82) is 0 Å². The van der Waals surface area contributed by atoms with Crippen LogP contribution in [0, 0.1) is 0 Å². The van der Waals surface area contributed by atoms with Crippen molar-refractivity contribution >= 4 is 0 Å². The lowest BCUT2D eigenvalue weighted by Crippen LogP contribution is -2.63. The molecule has 0 N–H and O–H groups in total. The zero-order valence-electron chi connectivity index (χ0n) is 13.4. The van der Waals surface area contributed by atoms with E-state index < -0.39 is 0 Å². The first kappa shape index (κ1) is 15.9. The fourth-order valence-corrected chi connectivity index (χ4v) is 3.61. The highest BCUT2D eigenvalue weighted by Crippen LogP contribution is 2.39. The summed E-state index contributed by atoms with van der Waals surface area (Å²) < 4.78 is 0. The van der Waals surface area contributed by atoms with E-state index >= 15 is 0 Å². The summed E-state index contributed by atoms with van der Waals surface area (Å²) in [4.78, 5) is 8.19. The lowest BCUT2D eigenvalue weighted by atomic mass is 9.78. The molecule has 0 spiro atoms. The molecule has 1 rings (SSSR count). The minimum Gasteiger partial charge on any atom is -0.303 e. The van der Waals surface area contributed by atoms with Gasteiger partial charge in [-0.05, 0) is 60.5 Å². The second-order valence-electron chi connectivity index (χ2n) is 7.00. The van der Waals surface area contributed by atoms with E-state index in [0.29, 0.717) is 6.04 Å². The van der Waals surface area contributed by atoms with Crippen molar-refractivity contribution < 1.29 is 4.84 Å². The summed E-state index contributed by atoms with van der Waals surface area (Å²) in [7, 11) is 4.07. The highest BCUT2D eigenvalue weighted by molar-refractivity contribution is 4.99. The van der Waals surface area contributed by atoms with E-state index in [4.69, 9.17) is 4.84 Å². The smallest absolute Gasteiger partial charge is 0.0575 e. The van der Waals surface area contributed by atoms with Crippen molar-refractivity contribution in [2.45, 2.75) is 77.4 Å². The van der Waals surface area contributed by atoms with Crippen LogP contribution in [0.25, 0.3) is 0 Å². The van der Waals surface area contributed by atoms with Gasteiger partial charge in [-0.25, -0.2) is 0 Å². The topological polar surface area (TPSA) is 15.7 Å². The Labute approximate surface area is 113 Å². The molecule has 18 heavy (non-hydrogen) atoms. The van der Waals surface area contributed by atoms with Crippen LogP contribution >= 0.6 is 0 Å². The fourth-order valence-electron chi connectivity index (χ4n) is 3.61. The van der Waals surface area contributed by atoms with Gasteiger partial charge in [-0.1, -0.05) is 13.3 Å². The van der Waals surface area contributed by atoms with Crippen molar-refractivity contribution in [3.63, 3.8) is 0 Å². The van der Waals surface area contributed by atoms with Crippen molar-refractivity contribution in [3.8, 4) is 0 Å². The fraction of sp³-hybridized carbons (Fsp3) is 1.00. The van der Waals surface area contributed by atoms with Crippen LogP contribution in [0.1, 0.15) is 60.3 Å². The molecule has 1 heterocycles. The molecule has 0 atom stereocenters. The lowest BCUT2D eigenvalue weighted by molar-refractivity contribution is -0.271. The number of nitrogens with zero attached hydrogens (tertiary/aromatic N) is 2. The number of hydroxylamine groups is 2. The van der Waals surface area contributed by atoms with Crippen molar-refractivity contribution in [3.05, 3.63) is 0 Å². The number of piperidine rings is 1. The molecule has 0 aromatic carbocycles. The standard InChI is InChI=1S/C15H32N2O/c1-8-9-10-16(6)13-11-14(2,3)17(18-7)15(4,5)12-13/h13H,8-12H2,1-7H3. The highest BCUT2D eigenvalue weighted by atomic mass is 16.7. The lowest BCUT2D eigenvalue weighted by Gasteiger charge is -2.54. The van der Waals surface area contributed by atoms with Crippen LogP contribution in [0.15, 0.2) is 0 Å². The Morgan fingerprint density at radius 1 is 1.17 bits per heavy atom. The summed E-state index contributed by atoms with van der Waals surface area (Å²) in [6, 6.07) is 0.660. The summed E-state index contributed by atoms with van der Waals surface area (Å²) in [5.41, 5.74) is 0.198. The number of hydrogen-bond donors (Lipinski definition) is 0. The van der Waals surface area contributed by atoms with Gasteiger partial charge in [0.05, 0.1) is 7.11 Å². The van der Waals surface area contributed by atoms with Gasteiger partial charge in [-0.2, -0.15) is 5.06 Å². The molecule has 1 saturated heterocycles. The highest BCUT2D eigenvalue weighted by Gasteiger charge is 2.46. The van der Waals surface area contributed by atoms with E-state index in [9.17, 15) is 0 Å². The minimum atomic E-state index is 0.0989. The van der Waals surface area contributed by atoms with E-state index in [2.05, 4.69) is 51.6 Å². The van der Waals surface area contributed by atoms with Crippen LogP contribution in [0.4, 0.5) is 0 Å². The Kier molecular flexibility index (Phi) is 5.22. The molecule has 108 valence electrons. The Balaban J connectivity index is 2.76. The Hall–Kier alpha value is -0.120. The van der Waals surface area contributed by atoms with E-state index in [1.54, 1.807) is 7.11 Å². The van der Waals surface area contributed by atoms with Crippen LogP contribution in [-0.2, 0) is 4.84 Å². The summed E-state index contributed by atoms with van der Waals surface area (Å²) in [5.74, 6) is 0. The maximum atomic E-state index is 5.65. The Morgan fingerprint density at radius 2 is 1.67 bits per heavy atom. The van der Waals surface area contributed by atoms with Crippen LogP contribution in [0.5, 0.6) is 0 Å². The van der Waals surface area contributed by atoms with Gasteiger partial charge in [0.25, 0.3) is 0 Å². The first-order valence-electron chi connectivity index (χ1n) is 7.29. The molecule has 1 aliphatic heterocycles. The van der Waals surface area contributed by atoms with Crippen LogP contribution in [0.2, 0.25) is 0 Å². The first-order chi connectivity index (χ1) is 8.24. The summed E-state index contributed by atoms with van der Waals surface area (Å²) in [6.07, 6.45) is 4.91. The SMILES string of the molecule is CCCCN(C)C1CC(C)(C)N(OC)C(C)(C)C1. The third-order valence-corrected chi connectivity index (χ3v) is 4.24. The zero-order chi connectivity index (χ0) is 14.0. The Bertz CT molecular complexity index is 245. The van der Waals surface area contributed by atoms with Gasteiger partial charge >= 0.3 is 0 Å². The maximum absolute atomic E-state index is 5.65. The van der Waals surface area contributed by atoms with Crippen molar-refractivity contribution in [2.75, 3.05) is 20.7 Å². The van der Waals surface area contributed by atoms with E-state index in [1.165, 1.54) is 32.2 Å². The quantitative estimate of drug-likeness (QED) is 0.750. The number of hydrogen-bond acceptors (Lipinski definition) is 3. The number of unbranched alkanes of at least 4 members (excludes halogenated alkanes) is 1. The molecule has 0 radical (unpaired) electrons. The van der Waals surface area contributed by atoms with Crippen molar-refractivity contribution in [1.82, 2.24) is 9.96 Å².